The molecule has 1 aliphatic carbocycles. The molecule has 2 aliphatic rings. The summed E-state index contributed by atoms with van der Waals surface area (Å²) in [5.41, 5.74) is 0.528. The van der Waals surface area contributed by atoms with E-state index in [2.05, 4.69) is 36.3 Å². The number of aromatic nitrogens is 2. The lowest BCUT2D eigenvalue weighted by Crippen LogP contribution is -2.47. The summed E-state index contributed by atoms with van der Waals surface area (Å²) >= 11 is 1.40. The Labute approximate surface area is 175 Å². The van der Waals surface area contributed by atoms with Gasteiger partial charge in [0.1, 0.15) is 11.0 Å². The van der Waals surface area contributed by atoms with Crippen LogP contribution in [0.2, 0.25) is 0 Å². The molecule has 3 atom stereocenters. The number of likely N-dealkylation sites (tertiary alicyclic amines) is 1. The van der Waals surface area contributed by atoms with Crippen molar-refractivity contribution in [2.24, 2.45) is 5.92 Å². The highest BCUT2D eigenvalue weighted by Gasteiger charge is 2.47. The van der Waals surface area contributed by atoms with Crippen LogP contribution in [0, 0.1) is 5.92 Å². The molecule has 154 valence electrons. The van der Waals surface area contributed by atoms with Gasteiger partial charge in [0.2, 0.25) is 11.0 Å². The molecule has 3 unspecified atom stereocenters. The molecule has 7 heteroatoms. The summed E-state index contributed by atoms with van der Waals surface area (Å²) in [4.78, 5) is 28.4. The number of rotatable bonds is 3. The zero-order valence-corrected chi connectivity index (χ0v) is 18.0. The molecule has 2 heterocycles. The van der Waals surface area contributed by atoms with E-state index < -0.39 is 6.04 Å². The minimum Gasteiger partial charge on any atom is -0.323 e. The number of hydrogen-bond acceptors (Lipinski definition) is 5. The number of carbonyl (C=O) groups excluding carboxylic acids is 2. The minimum absolute atomic E-state index is 0.0483. The van der Waals surface area contributed by atoms with E-state index in [4.69, 9.17) is 0 Å². The van der Waals surface area contributed by atoms with Gasteiger partial charge in [-0.3, -0.25) is 14.9 Å². The largest absolute Gasteiger partial charge is 0.323 e. The first-order valence-electron chi connectivity index (χ1n) is 10.4. The fourth-order valence-electron chi connectivity index (χ4n) is 4.48. The molecule has 29 heavy (non-hydrogen) atoms. The van der Waals surface area contributed by atoms with Gasteiger partial charge in [-0.1, -0.05) is 63.1 Å². The second-order valence-corrected chi connectivity index (χ2v) is 10.1. The van der Waals surface area contributed by atoms with E-state index in [1.165, 1.54) is 17.8 Å². The van der Waals surface area contributed by atoms with Crippen LogP contribution in [0.5, 0.6) is 0 Å². The lowest BCUT2D eigenvalue weighted by atomic mass is 9.84. The third-order valence-corrected chi connectivity index (χ3v) is 7.21. The molecule has 1 N–H and O–H groups in total. The quantitative estimate of drug-likeness (QED) is 0.818. The number of hydrogen-bond donors (Lipinski definition) is 1. The van der Waals surface area contributed by atoms with E-state index >= 15 is 0 Å². The van der Waals surface area contributed by atoms with Crippen LogP contribution < -0.4 is 5.32 Å². The third kappa shape index (κ3) is 4.06. The van der Waals surface area contributed by atoms with Crippen LogP contribution in [0.1, 0.15) is 68.2 Å². The molecule has 1 aliphatic heterocycles. The maximum absolute atomic E-state index is 13.3. The monoisotopic (exact) mass is 412 g/mol. The highest BCUT2D eigenvalue weighted by atomic mass is 32.1. The number of fused-ring (bicyclic) bond motifs is 1. The normalized spacial score (nSPS) is 24.2. The zero-order valence-electron chi connectivity index (χ0n) is 17.2. The van der Waals surface area contributed by atoms with Crippen molar-refractivity contribution in [3.8, 4) is 0 Å². The molecule has 1 aromatic carbocycles. The Morgan fingerprint density at radius 3 is 2.52 bits per heavy atom. The Kier molecular flexibility index (Phi) is 5.42. The first-order valence-corrected chi connectivity index (χ1v) is 11.2. The molecule has 0 spiro atoms. The number of nitrogens with one attached hydrogen (secondary N) is 1. The van der Waals surface area contributed by atoms with Crippen LogP contribution >= 0.6 is 11.3 Å². The molecular weight excluding hydrogens is 384 g/mol. The van der Waals surface area contributed by atoms with E-state index in [1.807, 2.05) is 35.2 Å². The fraction of sp³-hybridized carbons (Fsp3) is 0.545. The van der Waals surface area contributed by atoms with Gasteiger partial charge >= 0.3 is 0 Å². The molecule has 6 nitrogen and oxygen atoms in total. The number of anilines is 1. The minimum atomic E-state index is -0.460. The molecule has 2 aromatic rings. The van der Waals surface area contributed by atoms with Crippen molar-refractivity contribution in [3.05, 3.63) is 40.9 Å². The Balaban J connectivity index is 1.57. The summed E-state index contributed by atoms with van der Waals surface area (Å²) in [6.07, 6.45) is 5.06. The maximum atomic E-state index is 13.3. The summed E-state index contributed by atoms with van der Waals surface area (Å²) in [5, 5.41) is 12.7. The first kappa shape index (κ1) is 20.0. The van der Waals surface area contributed by atoms with Crippen molar-refractivity contribution in [2.45, 2.75) is 70.4 Å². The number of nitrogens with zero attached hydrogens (tertiary/aromatic N) is 3. The summed E-state index contributed by atoms with van der Waals surface area (Å²) in [6.45, 7) is 6.21. The van der Waals surface area contributed by atoms with Gasteiger partial charge in [-0.05, 0) is 37.3 Å². The average molecular weight is 413 g/mol. The van der Waals surface area contributed by atoms with Crippen molar-refractivity contribution >= 4 is 28.3 Å². The fourth-order valence-corrected chi connectivity index (χ4v) is 5.29. The van der Waals surface area contributed by atoms with Gasteiger partial charge in [0.25, 0.3) is 5.91 Å². The zero-order chi connectivity index (χ0) is 20.6. The maximum Gasteiger partial charge on any atom is 0.254 e. The van der Waals surface area contributed by atoms with Gasteiger partial charge in [-0.2, -0.15) is 0 Å². The second-order valence-electron chi connectivity index (χ2n) is 9.09. The summed E-state index contributed by atoms with van der Waals surface area (Å²) in [5.74, 6) is 0.194. The van der Waals surface area contributed by atoms with Crippen molar-refractivity contribution in [1.82, 2.24) is 15.1 Å². The average Bonchev–Trinajstić information content (AvgIpc) is 3.32. The van der Waals surface area contributed by atoms with Gasteiger partial charge in [-0.15, -0.1) is 10.2 Å². The van der Waals surface area contributed by atoms with E-state index in [0.29, 0.717) is 16.6 Å². The van der Waals surface area contributed by atoms with Crippen LogP contribution in [0.3, 0.4) is 0 Å². The molecule has 1 aromatic heterocycles. The van der Waals surface area contributed by atoms with Crippen LogP contribution in [-0.2, 0) is 10.2 Å². The highest BCUT2D eigenvalue weighted by molar-refractivity contribution is 7.15. The Morgan fingerprint density at radius 2 is 1.83 bits per heavy atom. The smallest absolute Gasteiger partial charge is 0.254 e. The Morgan fingerprint density at radius 1 is 1.10 bits per heavy atom. The second kappa shape index (κ2) is 7.86. The number of amides is 2. The van der Waals surface area contributed by atoms with Gasteiger partial charge in [0.15, 0.2) is 0 Å². The Bertz CT molecular complexity index is 890. The molecular formula is C22H28N4O2S. The van der Waals surface area contributed by atoms with Gasteiger partial charge in [0, 0.05) is 17.0 Å². The predicted molar refractivity (Wildman–Crippen MR) is 114 cm³/mol. The van der Waals surface area contributed by atoms with E-state index in [-0.39, 0.29) is 23.3 Å². The van der Waals surface area contributed by atoms with Crippen molar-refractivity contribution < 1.29 is 9.59 Å². The molecule has 1 saturated heterocycles. The van der Waals surface area contributed by atoms with Crippen LogP contribution in [0.15, 0.2) is 30.3 Å². The lowest BCUT2D eigenvalue weighted by Gasteiger charge is -2.33. The van der Waals surface area contributed by atoms with Gasteiger partial charge in [0.05, 0.1) is 0 Å². The SMILES string of the molecule is CC(C)(C)c1nnc(NC(=O)C2CC3CCCCC3N2C(=O)c2ccccc2)s1. The summed E-state index contributed by atoms with van der Waals surface area (Å²) in [6, 6.07) is 8.97. The van der Waals surface area contributed by atoms with Crippen LogP contribution in [-0.4, -0.2) is 39.0 Å². The molecule has 0 bridgehead atoms. The molecule has 1 saturated carbocycles. The Hall–Kier alpha value is -2.28. The van der Waals surface area contributed by atoms with Crippen LogP contribution in [0.4, 0.5) is 5.13 Å². The van der Waals surface area contributed by atoms with E-state index in [0.717, 1.165) is 30.7 Å². The highest BCUT2D eigenvalue weighted by Crippen LogP contribution is 2.41. The van der Waals surface area contributed by atoms with Crippen molar-refractivity contribution in [3.63, 3.8) is 0 Å². The lowest BCUT2D eigenvalue weighted by molar-refractivity contribution is -0.120. The van der Waals surface area contributed by atoms with Crippen LogP contribution in [0.25, 0.3) is 0 Å². The summed E-state index contributed by atoms with van der Waals surface area (Å²) in [7, 11) is 0. The molecule has 0 radical (unpaired) electrons. The van der Waals surface area contributed by atoms with Gasteiger partial charge in [-0.25, -0.2) is 0 Å². The van der Waals surface area contributed by atoms with E-state index in [1.54, 1.807) is 0 Å². The topological polar surface area (TPSA) is 75.2 Å². The molecule has 2 amide bonds. The van der Waals surface area contributed by atoms with Crippen molar-refractivity contribution in [2.75, 3.05) is 5.32 Å². The van der Waals surface area contributed by atoms with Gasteiger partial charge < -0.3 is 4.90 Å². The molecule has 2 fully saturated rings. The third-order valence-electron chi connectivity index (χ3n) is 5.94. The first-order chi connectivity index (χ1) is 13.8. The summed E-state index contributed by atoms with van der Waals surface area (Å²) < 4.78 is 0. The molecule has 4 rings (SSSR count). The van der Waals surface area contributed by atoms with Crippen molar-refractivity contribution in [1.29, 1.82) is 0 Å². The van der Waals surface area contributed by atoms with E-state index in [9.17, 15) is 9.59 Å². The number of carbonyl (C=O) groups is 2. The standard InChI is InChI=1S/C22H28N4O2S/c1-22(2,3)20-24-25-21(29-20)23-18(27)17-13-15-11-7-8-12-16(15)26(17)19(28)14-9-5-4-6-10-14/h4-6,9-10,15-17H,7-8,11-13H2,1-3H3,(H,23,25,27). The number of benzene rings is 1. The predicted octanol–water partition coefficient (Wildman–Crippen LogP) is 4.25.